The van der Waals surface area contributed by atoms with Gasteiger partial charge in [-0.2, -0.15) is 0 Å². The maximum absolute atomic E-state index is 12.7. The van der Waals surface area contributed by atoms with Gasteiger partial charge in [-0.1, -0.05) is 48.2 Å². The molecule has 4 rings (SSSR count). The number of amides is 1. The third-order valence-electron chi connectivity index (χ3n) is 4.88. The van der Waals surface area contributed by atoms with Gasteiger partial charge in [0.1, 0.15) is 0 Å². The monoisotopic (exact) mass is 456 g/mol. The third kappa shape index (κ3) is 5.48. The summed E-state index contributed by atoms with van der Waals surface area (Å²) in [6, 6.07) is 14.0. The second kappa shape index (κ2) is 10.0. The van der Waals surface area contributed by atoms with Gasteiger partial charge in [0, 0.05) is 18.8 Å². The Balaban J connectivity index is 1.30. The lowest BCUT2D eigenvalue weighted by Crippen LogP contribution is -2.31. The summed E-state index contributed by atoms with van der Waals surface area (Å²) in [5.41, 5.74) is 3.28. The number of hydrogen-bond donors (Lipinski definition) is 1. The van der Waals surface area contributed by atoms with Gasteiger partial charge in [0.05, 0.1) is 5.75 Å². The highest BCUT2D eigenvalue weighted by Crippen LogP contribution is 2.33. The van der Waals surface area contributed by atoms with Gasteiger partial charge in [0.2, 0.25) is 17.8 Å². The highest BCUT2D eigenvalue weighted by atomic mass is 32.2. The molecule has 1 aromatic heterocycles. The molecule has 0 fully saturated rings. The van der Waals surface area contributed by atoms with E-state index in [-0.39, 0.29) is 12.7 Å². The first-order valence-corrected chi connectivity index (χ1v) is 11.9. The zero-order chi connectivity index (χ0) is 21.6. The Morgan fingerprint density at radius 2 is 1.87 bits per heavy atom. The fraction of sp³-hybridized carbons (Fsp3) is 0.318. The van der Waals surface area contributed by atoms with Crippen LogP contribution in [0.15, 0.2) is 46.8 Å². The Kier molecular flexibility index (Phi) is 6.93. The third-order valence-corrected chi connectivity index (χ3v) is 6.84. The molecule has 0 atom stereocenters. The van der Waals surface area contributed by atoms with Crippen molar-refractivity contribution >= 4 is 39.8 Å². The molecule has 2 aromatic carbocycles. The molecule has 0 saturated carbocycles. The number of anilines is 2. The molecule has 0 spiro atoms. The summed E-state index contributed by atoms with van der Waals surface area (Å²) >= 11 is 2.85. The van der Waals surface area contributed by atoms with E-state index in [4.69, 9.17) is 9.47 Å². The maximum Gasteiger partial charge on any atom is 0.233 e. The SMILES string of the molecule is CCc1ccc(Nc2nnc(SCC(=O)N(CC)Cc3ccc4c(c3)OCO4)s2)cc1. The van der Waals surface area contributed by atoms with E-state index in [9.17, 15) is 4.79 Å². The van der Waals surface area contributed by atoms with Crippen LogP contribution in [0.25, 0.3) is 0 Å². The highest BCUT2D eigenvalue weighted by Gasteiger charge is 2.17. The molecule has 31 heavy (non-hydrogen) atoms. The summed E-state index contributed by atoms with van der Waals surface area (Å²) in [5, 5.41) is 12.4. The van der Waals surface area contributed by atoms with Crippen molar-refractivity contribution in [3.05, 3.63) is 53.6 Å². The van der Waals surface area contributed by atoms with Crippen LogP contribution in [0, 0.1) is 0 Å². The Labute approximate surface area is 189 Å². The Bertz CT molecular complexity index is 1040. The number of fused-ring (bicyclic) bond motifs is 1. The number of hydrogen-bond acceptors (Lipinski definition) is 8. The number of rotatable bonds is 9. The molecule has 1 amide bonds. The number of thioether (sulfide) groups is 1. The quantitative estimate of drug-likeness (QED) is 0.467. The summed E-state index contributed by atoms with van der Waals surface area (Å²) in [6.45, 7) is 5.52. The van der Waals surface area contributed by atoms with Crippen molar-refractivity contribution < 1.29 is 14.3 Å². The lowest BCUT2D eigenvalue weighted by molar-refractivity contribution is -0.128. The molecule has 0 radical (unpaired) electrons. The summed E-state index contributed by atoms with van der Waals surface area (Å²) in [5.74, 6) is 1.85. The van der Waals surface area contributed by atoms with Gasteiger partial charge in [0.15, 0.2) is 15.8 Å². The molecular formula is C22H24N4O3S2. The second-order valence-corrected chi connectivity index (χ2v) is 9.13. The van der Waals surface area contributed by atoms with Crippen LogP contribution < -0.4 is 14.8 Å². The van der Waals surface area contributed by atoms with E-state index in [0.29, 0.717) is 24.0 Å². The van der Waals surface area contributed by atoms with Crippen molar-refractivity contribution in [2.24, 2.45) is 0 Å². The predicted molar refractivity (Wildman–Crippen MR) is 123 cm³/mol. The van der Waals surface area contributed by atoms with Gasteiger partial charge in [-0.3, -0.25) is 4.79 Å². The van der Waals surface area contributed by atoms with Crippen molar-refractivity contribution in [3.63, 3.8) is 0 Å². The van der Waals surface area contributed by atoms with E-state index in [1.807, 2.05) is 42.2 Å². The molecule has 2 heterocycles. The average molecular weight is 457 g/mol. The number of nitrogens with one attached hydrogen (secondary N) is 1. The van der Waals surface area contributed by atoms with Crippen molar-refractivity contribution in [2.45, 2.75) is 31.2 Å². The maximum atomic E-state index is 12.7. The van der Waals surface area contributed by atoms with Crippen LogP contribution >= 0.6 is 23.1 Å². The van der Waals surface area contributed by atoms with Crippen molar-refractivity contribution in [2.75, 3.05) is 24.4 Å². The normalized spacial score (nSPS) is 12.1. The molecule has 9 heteroatoms. The molecule has 1 aliphatic rings. The lowest BCUT2D eigenvalue weighted by Gasteiger charge is -2.20. The number of carbonyl (C=O) groups is 1. The van der Waals surface area contributed by atoms with Crippen LogP contribution in [0.3, 0.4) is 0 Å². The van der Waals surface area contributed by atoms with Crippen LogP contribution in [0.1, 0.15) is 25.0 Å². The fourth-order valence-electron chi connectivity index (χ4n) is 3.12. The average Bonchev–Trinajstić information content (AvgIpc) is 3.45. The molecule has 1 aliphatic heterocycles. The zero-order valence-corrected chi connectivity index (χ0v) is 19.1. The lowest BCUT2D eigenvalue weighted by atomic mass is 10.1. The van der Waals surface area contributed by atoms with E-state index >= 15 is 0 Å². The molecule has 0 bridgehead atoms. The van der Waals surface area contributed by atoms with Crippen molar-refractivity contribution in [1.82, 2.24) is 15.1 Å². The molecule has 7 nitrogen and oxygen atoms in total. The first-order chi connectivity index (χ1) is 15.1. The molecule has 0 saturated heterocycles. The minimum atomic E-state index is 0.0602. The van der Waals surface area contributed by atoms with Gasteiger partial charge in [-0.15, -0.1) is 10.2 Å². The summed E-state index contributed by atoms with van der Waals surface area (Å²) in [7, 11) is 0. The van der Waals surface area contributed by atoms with E-state index < -0.39 is 0 Å². The van der Waals surface area contributed by atoms with Gasteiger partial charge in [-0.05, 0) is 48.7 Å². The standard InChI is InChI=1S/C22H24N4O3S2/c1-3-15-5-8-17(9-6-15)23-21-24-25-22(31-21)30-13-20(27)26(4-2)12-16-7-10-18-19(11-16)29-14-28-18/h5-11H,3-4,12-14H2,1-2H3,(H,23,24). The fourth-order valence-corrected chi connectivity index (χ4v) is 4.79. The minimum absolute atomic E-state index is 0.0602. The number of aromatic nitrogens is 2. The summed E-state index contributed by atoms with van der Waals surface area (Å²) in [4.78, 5) is 14.6. The van der Waals surface area contributed by atoms with E-state index in [1.54, 1.807) is 0 Å². The largest absolute Gasteiger partial charge is 0.454 e. The van der Waals surface area contributed by atoms with Crippen LogP contribution in [-0.4, -0.2) is 40.1 Å². The molecule has 0 unspecified atom stereocenters. The van der Waals surface area contributed by atoms with E-state index in [0.717, 1.165) is 33.5 Å². The topological polar surface area (TPSA) is 76.6 Å². The first kappa shape index (κ1) is 21.5. The van der Waals surface area contributed by atoms with Gasteiger partial charge >= 0.3 is 0 Å². The Morgan fingerprint density at radius 1 is 1.10 bits per heavy atom. The van der Waals surface area contributed by atoms with Crippen LogP contribution in [-0.2, 0) is 17.8 Å². The molecular weight excluding hydrogens is 432 g/mol. The smallest absolute Gasteiger partial charge is 0.233 e. The zero-order valence-electron chi connectivity index (χ0n) is 17.5. The second-order valence-electron chi connectivity index (χ2n) is 6.93. The molecule has 3 aromatic rings. The van der Waals surface area contributed by atoms with Crippen LogP contribution in [0.2, 0.25) is 0 Å². The highest BCUT2D eigenvalue weighted by molar-refractivity contribution is 8.01. The van der Waals surface area contributed by atoms with Gasteiger partial charge in [-0.25, -0.2) is 0 Å². The number of ether oxygens (including phenoxy) is 2. The number of benzene rings is 2. The van der Waals surface area contributed by atoms with Crippen LogP contribution in [0.5, 0.6) is 11.5 Å². The number of aryl methyl sites for hydroxylation is 1. The molecule has 1 N–H and O–H groups in total. The molecule has 162 valence electrons. The Morgan fingerprint density at radius 3 is 2.65 bits per heavy atom. The Hall–Kier alpha value is -2.78. The molecule has 0 aliphatic carbocycles. The number of carbonyl (C=O) groups excluding carboxylic acids is 1. The van der Waals surface area contributed by atoms with E-state index in [2.05, 4.69) is 34.6 Å². The number of nitrogens with zero attached hydrogens (tertiary/aromatic N) is 3. The van der Waals surface area contributed by atoms with Gasteiger partial charge < -0.3 is 19.7 Å². The van der Waals surface area contributed by atoms with Crippen LogP contribution in [0.4, 0.5) is 10.8 Å². The van der Waals surface area contributed by atoms with Gasteiger partial charge in [0.25, 0.3) is 0 Å². The van der Waals surface area contributed by atoms with Crippen molar-refractivity contribution in [3.8, 4) is 11.5 Å². The summed E-state index contributed by atoms with van der Waals surface area (Å²) < 4.78 is 11.5. The van der Waals surface area contributed by atoms with E-state index in [1.165, 1.54) is 28.7 Å². The minimum Gasteiger partial charge on any atom is -0.454 e. The summed E-state index contributed by atoms with van der Waals surface area (Å²) in [6.07, 6.45) is 1.01. The first-order valence-electron chi connectivity index (χ1n) is 10.1. The predicted octanol–water partition coefficient (Wildman–Crippen LogP) is 4.71. The van der Waals surface area contributed by atoms with Crippen molar-refractivity contribution in [1.29, 1.82) is 0 Å².